The zero-order chi connectivity index (χ0) is 19.3. The van der Waals surface area contributed by atoms with Crippen molar-refractivity contribution >= 4 is 33.5 Å². The highest BCUT2D eigenvalue weighted by Gasteiger charge is 2.12. The topological polar surface area (TPSA) is 61.7 Å². The average Bonchev–Trinajstić information content (AvgIpc) is 3.17. The van der Waals surface area contributed by atoms with Crippen molar-refractivity contribution in [2.24, 2.45) is 0 Å². The van der Waals surface area contributed by atoms with Gasteiger partial charge in [0, 0.05) is 5.56 Å². The molecule has 0 saturated heterocycles. The fourth-order valence-electron chi connectivity index (χ4n) is 3.26. The van der Waals surface area contributed by atoms with Crippen LogP contribution in [0.15, 0.2) is 60.7 Å². The van der Waals surface area contributed by atoms with E-state index in [1.54, 1.807) is 0 Å². The summed E-state index contributed by atoms with van der Waals surface area (Å²) < 4.78 is 6.04. The van der Waals surface area contributed by atoms with Crippen molar-refractivity contribution in [1.82, 2.24) is 9.97 Å². The van der Waals surface area contributed by atoms with Crippen molar-refractivity contribution in [1.29, 1.82) is 5.26 Å². The maximum absolute atomic E-state index is 9.82. The minimum atomic E-state index is 0.480. The SMILES string of the molecule is CCCCOc1ccc2ccccc2c1/C=C(/C#N)c1nc2ccccc2[nH]1. The first-order valence-corrected chi connectivity index (χ1v) is 9.51. The Labute approximate surface area is 164 Å². The quantitative estimate of drug-likeness (QED) is 0.338. The third-order valence-corrected chi connectivity index (χ3v) is 4.74. The van der Waals surface area contributed by atoms with Crippen LogP contribution < -0.4 is 4.74 Å². The second kappa shape index (κ2) is 7.98. The van der Waals surface area contributed by atoms with Crippen LogP contribution in [0, 0.1) is 11.3 Å². The van der Waals surface area contributed by atoms with Crippen molar-refractivity contribution in [3.05, 3.63) is 72.1 Å². The zero-order valence-electron chi connectivity index (χ0n) is 15.8. The van der Waals surface area contributed by atoms with Crippen LogP contribution in [0.5, 0.6) is 5.75 Å². The number of benzene rings is 3. The van der Waals surface area contributed by atoms with Crippen LogP contribution in [0.3, 0.4) is 0 Å². The average molecular weight is 367 g/mol. The number of ether oxygens (including phenoxy) is 1. The third-order valence-electron chi connectivity index (χ3n) is 4.74. The van der Waals surface area contributed by atoms with E-state index in [-0.39, 0.29) is 0 Å². The van der Waals surface area contributed by atoms with Crippen LogP contribution in [-0.2, 0) is 0 Å². The van der Waals surface area contributed by atoms with Gasteiger partial charge in [-0.2, -0.15) is 5.26 Å². The van der Waals surface area contributed by atoms with Gasteiger partial charge in [0.2, 0.25) is 0 Å². The van der Waals surface area contributed by atoms with Gasteiger partial charge in [-0.25, -0.2) is 4.98 Å². The smallest absolute Gasteiger partial charge is 0.149 e. The predicted molar refractivity (Wildman–Crippen MR) is 114 cm³/mol. The summed E-state index contributed by atoms with van der Waals surface area (Å²) in [6.07, 6.45) is 3.94. The van der Waals surface area contributed by atoms with Gasteiger partial charge in [0.15, 0.2) is 0 Å². The van der Waals surface area contributed by atoms with Crippen LogP contribution in [0.25, 0.3) is 33.5 Å². The molecule has 0 atom stereocenters. The highest BCUT2D eigenvalue weighted by Crippen LogP contribution is 2.32. The summed E-state index contributed by atoms with van der Waals surface area (Å²) in [5.41, 5.74) is 3.14. The van der Waals surface area contributed by atoms with Gasteiger partial charge >= 0.3 is 0 Å². The lowest BCUT2D eigenvalue weighted by molar-refractivity contribution is 0.309. The molecule has 0 bridgehead atoms. The first-order valence-electron chi connectivity index (χ1n) is 9.51. The fourth-order valence-corrected chi connectivity index (χ4v) is 3.26. The molecule has 1 heterocycles. The monoisotopic (exact) mass is 367 g/mol. The van der Waals surface area contributed by atoms with E-state index in [0.717, 1.165) is 46.0 Å². The molecule has 0 aliphatic heterocycles. The molecule has 4 nitrogen and oxygen atoms in total. The summed E-state index contributed by atoms with van der Waals surface area (Å²) in [6.45, 7) is 2.79. The number of allylic oxidation sites excluding steroid dienone is 1. The van der Waals surface area contributed by atoms with Crippen molar-refractivity contribution in [3.63, 3.8) is 0 Å². The maximum Gasteiger partial charge on any atom is 0.149 e. The minimum Gasteiger partial charge on any atom is -0.493 e. The lowest BCUT2D eigenvalue weighted by Crippen LogP contribution is -1.99. The van der Waals surface area contributed by atoms with E-state index >= 15 is 0 Å². The Balaban J connectivity index is 1.85. The van der Waals surface area contributed by atoms with Gasteiger partial charge < -0.3 is 9.72 Å². The van der Waals surface area contributed by atoms with Gasteiger partial charge in [0.25, 0.3) is 0 Å². The van der Waals surface area contributed by atoms with Gasteiger partial charge in [0.05, 0.1) is 23.2 Å². The number of para-hydroxylation sites is 2. The number of nitrogens with zero attached hydrogens (tertiary/aromatic N) is 2. The van der Waals surface area contributed by atoms with Crippen molar-refractivity contribution in [2.75, 3.05) is 6.61 Å². The summed E-state index contributed by atoms with van der Waals surface area (Å²) in [4.78, 5) is 7.82. The van der Waals surface area contributed by atoms with Gasteiger partial charge in [-0.1, -0.05) is 55.8 Å². The number of nitrogens with one attached hydrogen (secondary N) is 1. The fraction of sp³-hybridized carbons (Fsp3) is 0.167. The molecule has 0 saturated carbocycles. The van der Waals surface area contributed by atoms with Gasteiger partial charge in [0.1, 0.15) is 17.6 Å². The summed E-state index contributed by atoms with van der Waals surface area (Å²) in [6, 6.07) is 22.3. The second-order valence-corrected chi connectivity index (χ2v) is 6.67. The normalized spacial score (nSPS) is 11.6. The Kier molecular flexibility index (Phi) is 5.07. The number of hydrogen-bond acceptors (Lipinski definition) is 3. The first-order chi connectivity index (χ1) is 13.8. The Hall–Kier alpha value is -3.58. The maximum atomic E-state index is 9.82. The first kappa shape index (κ1) is 17.8. The van der Waals surface area contributed by atoms with E-state index < -0.39 is 0 Å². The highest BCUT2D eigenvalue weighted by atomic mass is 16.5. The second-order valence-electron chi connectivity index (χ2n) is 6.67. The van der Waals surface area contributed by atoms with Crippen LogP contribution >= 0.6 is 0 Å². The molecule has 4 aromatic rings. The molecule has 0 aliphatic rings. The number of hydrogen-bond donors (Lipinski definition) is 1. The number of nitriles is 1. The van der Waals surface area contributed by atoms with E-state index in [2.05, 4.69) is 41.2 Å². The van der Waals surface area contributed by atoms with E-state index in [9.17, 15) is 5.26 Å². The van der Waals surface area contributed by atoms with Crippen molar-refractivity contribution in [3.8, 4) is 11.8 Å². The van der Waals surface area contributed by atoms with Crippen molar-refractivity contribution in [2.45, 2.75) is 19.8 Å². The van der Waals surface area contributed by atoms with E-state index in [1.165, 1.54) is 0 Å². The molecule has 0 fully saturated rings. The van der Waals surface area contributed by atoms with Gasteiger partial charge in [-0.3, -0.25) is 0 Å². The number of fused-ring (bicyclic) bond motifs is 2. The largest absolute Gasteiger partial charge is 0.493 e. The molecule has 138 valence electrons. The third kappa shape index (κ3) is 3.47. The molecule has 0 spiro atoms. The number of unbranched alkanes of at least 4 members (excludes halogenated alkanes) is 1. The van der Waals surface area contributed by atoms with Crippen LogP contribution in [0.1, 0.15) is 31.2 Å². The summed E-state index contributed by atoms with van der Waals surface area (Å²) >= 11 is 0. The van der Waals surface area contributed by atoms with Crippen LogP contribution in [0.2, 0.25) is 0 Å². The zero-order valence-corrected chi connectivity index (χ0v) is 15.8. The number of rotatable bonds is 6. The Bertz CT molecular complexity index is 1160. The minimum absolute atomic E-state index is 0.480. The molecule has 4 rings (SSSR count). The summed E-state index contributed by atoms with van der Waals surface area (Å²) in [5.74, 6) is 1.35. The van der Waals surface area contributed by atoms with E-state index in [0.29, 0.717) is 18.0 Å². The van der Waals surface area contributed by atoms with Gasteiger partial charge in [-0.15, -0.1) is 0 Å². The molecular formula is C24H21N3O. The number of imidazole rings is 1. The number of aromatic nitrogens is 2. The Morgan fingerprint density at radius 1 is 1.11 bits per heavy atom. The molecule has 0 unspecified atom stereocenters. The predicted octanol–water partition coefficient (Wildman–Crippen LogP) is 5.96. The van der Waals surface area contributed by atoms with E-state index in [4.69, 9.17) is 4.74 Å². The molecule has 4 heteroatoms. The molecule has 0 amide bonds. The summed E-state index contributed by atoms with van der Waals surface area (Å²) in [7, 11) is 0. The molecule has 3 aromatic carbocycles. The summed E-state index contributed by atoms with van der Waals surface area (Å²) in [5, 5.41) is 12.0. The molecule has 0 aliphatic carbocycles. The molecule has 28 heavy (non-hydrogen) atoms. The standard InChI is InChI=1S/C24H21N3O/c1-2-3-14-28-23-13-12-17-8-4-5-9-19(17)20(23)15-18(16-25)24-26-21-10-6-7-11-22(21)27-24/h4-13,15H,2-3,14H2,1H3,(H,26,27)/b18-15-. The van der Waals surface area contributed by atoms with Crippen molar-refractivity contribution < 1.29 is 4.74 Å². The number of H-pyrrole nitrogens is 1. The highest BCUT2D eigenvalue weighted by molar-refractivity contribution is 6.00. The van der Waals surface area contributed by atoms with Gasteiger partial charge in [-0.05, 0) is 41.5 Å². The lowest BCUT2D eigenvalue weighted by atomic mass is 10.0. The Morgan fingerprint density at radius 3 is 2.75 bits per heavy atom. The van der Waals surface area contributed by atoms with Crippen LogP contribution in [0.4, 0.5) is 0 Å². The molecule has 1 aromatic heterocycles. The lowest BCUT2D eigenvalue weighted by Gasteiger charge is -2.12. The molecule has 0 radical (unpaired) electrons. The molecular weight excluding hydrogens is 346 g/mol. The van der Waals surface area contributed by atoms with E-state index in [1.807, 2.05) is 48.5 Å². The number of aromatic amines is 1. The molecule has 1 N–H and O–H groups in total. The Morgan fingerprint density at radius 2 is 1.93 bits per heavy atom. The van der Waals surface area contributed by atoms with Crippen LogP contribution in [-0.4, -0.2) is 16.6 Å².